The molecule has 2 atom stereocenters. The number of aryl methyl sites for hydroxylation is 1. The highest BCUT2D eigenvalue weighted by Gasteiger charge is 2.34. The predicted octanol–water partition coefficient (Wildman–Crippen LogP) is 2.33. The van der Waals surface area contributed by atoms with E-state index >= 15 is 0 Å². The van der Waals surface area contributed by atoms with Crippen LogP contribution in [0.2, 0.25) is 0 Å². The standard InChI is InChI=1S/C24H29F2N5O4/c1-13-8-16(10-29-22(13)35-12-24(4,25)26)15(3)31-11-18-17(23(31)34)6-7-28-19(18)9-20(32)30-14(2)21(33)27-5/h6-8,10,14-15H,9,11-12H2,1-5H3,(H,27,33)(H,30,32)/t14-,15?/m0/s1. The lowest BCUT2D eigenvalue weighted by Crippen LogP contribution is -2.44. The zero-order valence-corrected chi connectivity index (χ0v) is 20.3. The van der Waals surface area contributed by atoms with Gasteiger partial charge in [0.2, 0.25) is 17.7 Å². The first-order valence-electron chi connectivity index (χ1n) is 11.2. The average Bonchev–Trinajstić information content (AvgIpc) is 3.14. The SMILES string of the molecule is CNC(=O)[C@H](C)NC(=O)Cc1nccc2c1CN(C(C)c1cnc(OCC(C)(F)F)c(C)c1)C2=O. The molecule has 3 rings (SSSR count). The molecule has 1 unspecified atom stereocenters. The first-order valence-corrected chi connectivity index (χ1v) is 11.2. The number of rotatable bonds is 9. The molecule has 2 aromatic heterocycles. The molecule has 0 saturated carbocycles. The maximum Gasteiger partial charge on any atom is 0.278 e. The second-order valence-corrected chi connectivity index (χ2v) is 8.72. The molecule has 2 aromatic rings. The van der Waals surface area contributed by atoms with Gasteiger partial charge in [-0.25, -0.2) is 13.8 Å². The number of hydrogen-bond donors (Lipinski definition) is 2. The van der Waals surface area contributed by atoms with Gasteiger partial charge in [-0.15, -0.1) is 0 Å². The van der Waals surface area contributed by atoms with Crippen LogP contribution in [-0.4, -0.2) is 58.2 Å². The number of hydrogen-bond acceptors (Lipinski definition) is 6. The molecular formula is C24H29F2N5O4. The molecule has 0 bridgehead atoms. The molecule has 1 aliphatic heterocycles. The Balaban J connectivity index is 1.74. The van der Waals surface area contributed by atoms with Gasteiger partial charge in [0, 0.05) is 49.6 Å². The Labute approximate surface area is 202 Å². The lowest BCUT2D eigenvalue weighted by Gasteiger charge is -2.25. The van der Waals surface area contributed by atoms with Crippen LogP contribution in [0.4, 0.5) is 8.78 Å². The number of alkyl halides is 2. The third-order valence-electron chi connectivity index (χ3n) is 5.77. The van der Waals surface area contributed by atoms with Crippen molar-refractivity contribution in [3.05, 3.63) is 52.5 Å². The average molecular weight is 490 g/mol. The molecule has 0 fully saturated rings. The Hall–Kier alpha value is -3.63. The number of fused-ring (bicyclic) bond motifs is 1. The quantitative estimate of drug-likeness (QED) is 0.559. The van der Waals surface area contributed by atoms with Crippen LogP contribution in [0.1, 0.15) is 59.6 Å². The minimum atomic E-state index is -2.98. The third-order valence-corrected chi connectivity index (χ3v) is 5.77. The van der Waals surface area contributed by atoms with E-state index in [1.165, 1.54) is 19.4 Å². The number of nitrogens with one attached hydrogen (secondary N) is 2. The van der Waals surface area contributed by atoms with E-state index in [2.05, 4.69) is 20.6 Å². The lowest BCUT2D eigenvalue weighted by atomic mass is 10.1. The molecule has 3 heterocycles. The lowest BCUT2D eigenvalue weighted by molar-refractivity contribution is -0.128. The molecule has 0 spiro atoms. The van der Waals surface area contributed by atoms with Crippen LogP contribution < -0.4 is 15.4 Å². The van der Waals surface area contributed by atoms with Crippen molar-refractivity contribution in [2.75, 3.05) is 13.7 Å². The van der Waals surface area contributed by atoms with Crippen LogP contribution in [0.25, 0.3) is 0 Å². The van der Waals surface area contributed by atoms with E-state index in [9.17, 15) is 23.2 Å². The van der Waals surface area contributed by atoms with Crippen molar-refractivity contribution < 1.29 is 27.9 Å². The summed E-state index contributed by atoms with van der Waals surface area (Å²) in [5.41, 5.74) is 2.87. The predicted molar refractivity (Wildman–Crippen MR) is 123 cm³/mol. The summed E-state index contributed by atoms with van der Waals surface area (Å²) in [5, 5.41) is 5.09. The Morgan fingerprint density at radius 3 is 2.63 bits per heavy atom. The third kappa shape index (κ3) is 6.09. The van der Waals surface area contributed by atoms with Crippen LogP contribution in [0.15, 0.2) is 24.5 Å². The number of carbonyl (C=O) groups excluding carboxylic acids is 3. The van der Waals surface area contributed by atoms with Crippen molar-refractivity contribution in [1.29, 1.82) is 0 Å². The highest BCUT2D eigenvalue weighted by Crippen LogP contribution is 2.33. The molecule has 2 N–H and O–H groups in total. The number of nitrogens with zero attached hydrogens (tertiary/aromatic N) is 3. The highest BCUT2D eigenvalue weighted by molar-refractivity contribution is 5.99. The monoisotopic (exact) mass is 489 g/mol. The number of pyridine rings is 2. The summed E-state index contributed by atoms with van der Waals surface area (Å²) in [6.07, 6.45) is 2.91. The van der Waals surface area contributed by atoms with Gasteiger partial charge in [-0.1, -0.05) is 0 Å². The van der Waals surface area contributed by atoms with Crippen LogP contribution in [0, 0.1) is 6.92 Å². The van der Waals surface area contributed by atoms with Gasteiger partial charge in [-0.05, 0) is 38.5 Å². The van der Waals surface area contributed by atoms with Crippen molar-refractivity contribution in [2.45, 2.75) is 58.7 Å². The van der Waals surface area contributed by atoms with Crippen molar-refractivity contribution in [3.8, 4) is 5.88 Å². The van der Waals surface area contributed by atoms with E-state index in [1.807, 2.05) is 6.92 Å². The number of carbonyl (C=O) groups is 3. The summed E-state index contributed by atoms with van der Waals surface area (Å²) in [7, 11) is 1.49. The Bertz CT molecular complexity index is 1140. The van der Waals surface area contributed by atoms with E-state index in [0.29, 0.717) is 27.9 Å². The van der Waals surface area contributed by atoms with Crippen molar-refractivity contribution in [1.82, 2.24) is 25.5 Å². The topological polar surface area (TPSA) is 114 Å². The molecule has 3 amide bonds. The maximum atomic E-state index is 13.1. The first-order chi connectivity index (χ1) is 16.4. The summed E-state index contributed by atoms with van der Waals surface area (Å²) in [4.78, 5) is 47.4. The Morgan fingerprint density at radius 2 is 2.00 bits per heavy atom. The van der Waals surface area contributed by atoms with Crippen LogP contribution in [-0.2, 0) is 22.6 Å². The van der Waals surface area contributed by atoms with Gasteiger partial charge in [0.1, 0.15) is 6.04 Å². The summed E-state index contributed by atoms with van der Waals surface area (Å²) < 4.78 is 31.3. The summed E-state index contributed by atoms with van der Waals surface area (Å²) >= 11 is 0. The fourth-order valence-electron chi connectivity index (χ4n) is 3.84. The molecule has 35 heavy (non-hydrogen) atoms. The molecular weight excluding hydrogens is 460 g/mol. The molecule has 0 saturated heterocycles. The molecule has 1 aliphatic rings. The minimum absolute atomic E-state index is 0.0746. The number of amides is 3. The summed E-state index contributed by atoms with van der Waals surface area (Å²) in [6, 6.07) is 2.29. The van der Waals surface area contributed by atoms with Crippen LogP contribution in [0.3, 0.4) is 0 Å². The van der Waals surface area contributed by atoms with E-state index in [1.54, 1.807) is 30.9 Å². The van der Waals surface area contributed by atoms with Gasteiger partial charge < -0.3 is 20.3 Å². The van der Waals surface area contributed by atoms with Gasteiger partial charge in [0.15, 0.2) is 6.61 Å². The van der Waals surface area contributed by atoms with Crippen LogP contribution >= 0.6 is 0 Å². The first kappa shape index (κ1) is 26.0. The van der Waals surface area contributed by atoms with Gasteiger partial charge >= 0.3 is 0 Å². The smallest absolute Gasteiger partial charge is 0.278 e. The molecule has 0 aromatic carbocycles. The molecule has 11 heteroatoms. The highest BCUT2D eigenvalue weighted by atomic mass is 19.3. The molecule has 9 nitrogen and oxygen atoms in total. The maximum absolute atomic E-state index is 13.1. The molecule has 0 aliphatic carbocycles. The molecule has 188 valence electrons. The zero-order valence-electron chi connectivity index (χ0n) is 20.3. The van der Waals surface area contributed by atoms with E-state index < -0.39 is 18.6 Å². The van der Waals surface area contributed by atoms with Gasteiger partial charge in [-0.3, -0.25) is 19.4 Å². The minimum Gasteiger partial charge on any atom is -0.471 e. The van der Waals surface area contributed by atoms with Gasteiger partial charge in [-0.2, -0.15) is 0 Å². The van der Waals surface area contributed by atoms with Gasteiger partial charge in [0.25, 0.3) is 11.8 Å². The van der Waals surface area contributed by atoms with E-state index in [0.717, 1.165) is 6.92 Å². The fraction of sp³-hybridized carbons (Fsp3) is 0.458. The van der Waals surface area contributed by atoms with E-state index in [-0.39, 0.29) is 42.6 Å². The zero-order chi connectivity index (χ0) is 25.9. The second-order valence-electron chi connectivity index (χ2n) is 8.72. The fourth-order valence-corrected chi connectivity index (χ4v) is 3.84. The largest absolute Gasteiger partial charge is 0.471 e. The number of ether oxygens (including phenoxy) is 1. The van der Waals surface area contributed by atoms with Crippen LogP contribution in [0.5, 0.6) is 5.88 Å². The van der Waals surface area contributed by atoms with E-state index in [4.69, 9.17) is 4.74 Å². The Kier molecular flexibility index (Phi) is 7.67. The number of likely N-dealkylation sites (N-methyl/N-ethyl adjacent to an activating group) is 1. The second kappa shape index (κ2) is 10.3. The van der Waals surface area contributed by atoms with Crippen molar-refractivity contribution in [2.24, 2.45) is 0 Å². The summed E-state index contributed by atoms with van der Waals surface area (Å²) in [6.45, 7) is 5.35. The van der Waals surface area contributed by atoms with Gasteiger partial charge in [0.05, 0.1) is 18.2 Å². The van der Waals surface area contributed by atoms with Crippen molar-refractivity contribution >= 4 is 17.7 Å². The number of halogens is 2. The normalized spacial score (nSPS) is 14.8. The number of aromatic nitrogens is 2. The Morgan fingerprint density at radius 1 is 1.29 bits per heavy atom. The van der Waals surface area contributed by atoms with Crippen molar-refractivity contribution in [3.63, 3.8) is 0 Å². The molecule has 0 radical (unpaired) electrons. The summed E-state index contributed by atoms with van der Waals surface area (Å²) in [5.74, 6) is -3.77.